The molecule has 3 unspecified atom stereocenters. The van der Waals surface area contributed by atoms with Crippen molar-refractivity contribution in [1.29, 1.82) is 0 Å². The van der Waals surface area contributed by atoms with Crippen molar-refractivity contribution in [1.82, 2.24) is 24.0 Å². The molecule has 11 heteroatoms. The Labute approximate surface area is 231 Å². The van der Waals surface area contributed by atoms with Crippen LogP contribution < -0.4 is 16.1 Å². The Bertz CT molecular complexity index is 1510. The van der Waals surface area contributed by atoms with E-state index < -0.39 is 0 Å². The van der Waals surface area contributed by atoms with Crippen LogP contribution in [-0.2, 0) is 0 Å². The fourth-order valence-corrected chi connectivity index (χ4v) is 8.08. The predicted octanol–water partition coefficient (Wildman–Crippen LogP) is 2.69. The van der Waals surface area contributed by atoms with Crippen molar-refractivity contribution < 1.29 is 4.79 Å². The minimum absolute atomic E-state index is 0.192. The predicted molar refractivity (Wildman–Crippen MR) is 157 cm³/mol. The van der Waals surface area contributed by atoms with Gasteiger partial charge < -0.3 is 25.3 Å². The van der Waals surface area contributed by atoms with E-state index in [9.17, 15) is 9.59 Å². The number of benzene rings is 1. The molecule has 3 aromatic rings. The minimum atomic E-state index is -0.212. The van der Waals surface area contributed by atoms with Gasteiger partial charge in [0, 0.05) is 51.5 Å². The summed E-state index contributed by atoms with van der Waals surface area (Å²) < 4.78 is 3.17. The number of carbonyl (C=O) groups excluding carboxylic acids is 1. The lowest BCUT2D eigenvalue weighted by molar-refractivity contribution is 0.156. The lowest BCUT2D eigenvalue weighted by atomic mass is 10.0. The molecule has 3 atom stereocenters. The minimum Gasteiger partial charge on any atom is -0.336 e. The van der Waals surface area contributed by atoms with Crippen LogP contribution in [-0.4, -0.2) is 109 Å². The van der Waals surface area contributed by atoms with E-state index in [2.05, 4.69) is 63.0 Å². The zero-order valence-corrected chi connectivity index (χ0v) is 23.6. The normalized spacial score (nSPS) is 25.9. The van der Waals surface area contributed by atoms with Crippen molar-refractivity contribution in [3.63, 3.8) is 0 Å². The molecule has 2 N–H and O–H groups in total. The maximum atomic E-state index is 13.9. The Hall–Kier alpha value is -2.99. The van der Waals surface area contributed by atoms with Crippen molar-refractivity contribution in [2.75, 3.05) is 71.0 Å². The summed E-state index contributed by atoms with van der Waals surface area (Å²) in [5.41, 5.74) is 1.65. The van der Waals surface area contributed by atoms with Crippen molar-refractivity contribution in [2.45, 2.75) is 25.2 Å². The quantitative estimate of drug-likeness (QED) is 0.524. The van der Waals surface area contributed by atoms with Gasteiger partial charge in [0.15, 0.2) is 6.29 Å². The van der Waals surface area contributed by atoms with Crippen LogP contribution >= 0.6 is 11.3 Å². The van der Waals surface area contributed by atoms with Gasteiger partial charge in [-0.15, -0.1) is 11.3 Å². The van der Waals surface area contributed by atoms with Crippen molar-refractivity contribution in [3.8, 4) is 0 Å². The van der Waals surface area contributed by atoms with Crippen molar-refractivity contribution in [3.05, 3.63) is 40.1 Å². The van der Waals surface area contributed by atoms with Crippen LogP contribution in [0.15, 0.2) is 34.1 Å². The van der Waals surface area contributed by atoms with E-state index in [0.717, 1.165) is 59.9 Å². The van der Waals surface area contributed by atoms with E-state index in [1.807, 2.05) is 17.0 Å². The van der Waals surface area contributed by atoms with Gasteiger partial charge in [0.25, 0.3) is 0 Å². The van der Waals surface area contributed by atoms with Crippen LogP contribution in [0.25, 0.3) is 15.0 Å². The largest absolute Gasteiger partial charge is 0.336 e. The summed E-state index contributed by atoms with van der Waals surface area (Å²) in [6.07, 6.45) is 3.36. The monoisotopic (exact) mass is 548 g/mol. The van der Waals surface area contributed by atoms with Crippen LogP contribution in [0, 0.1) is 11.8 Å². The SMILES string of the molecule is CN1CC2CN(C3N=Cc4c(n5c(sc6ccccc65)c(NC(=O)N5CCC(N(C)C)CC5)c4=O)N3)CC2C1. The van der Waals surface area contributed by atoms with Crippen LogP contribution in [0.3, 0.4) is 0 Å². The fourth-order valence-electron chi connectivity index (χ4n) is 6.93. The Balaban J connectivity index is 1.23. The second-order valence-corrected chi connectivity index (χ2v) is 12.8. The molecule has 0 bridgehead atoms. The lowest BCUT2D eigenvalue weighted by Gasteiger charge is -2.35. The number of nitrogens with zero attached hydrogens (tertiary/aromatic N) is 6. The van der Waals surface area contributed by atoms with E-state index >= 15 is 0 Å². The molecule has 1 aromatic carbocycles. The number of amides is 2. The molecule has 10 nitrogen and oxygen atoms in total. The summed E-state index contributed by atoms with van der Waals surface area (Å²) in [5.74, 6) is 2.09. The van der Waals surface area contributed by atoms with E-state index in [1.54, 1.807) is 6.21 Å². The zero-order chi connectivity index (χ0) is 26.8. The van der Waals surface area contributed by atoms with Gasteiger partial charge in [-0.05, 0) is 58.0 Å². The van der Waals surface area contributed by atoms with Crippen LogP contribution in [0.2, 0.25) is 0 Å². The number of piperidine rings is 1. The molecule has 4 aliphatic rings. The van der Waals surface area contributed by atoms with E-state index in [4.69, 9.17) is 4.99 Å². The number of para-hydroxylation sites is 1. The first-order valence-corrected chi connectivity index (χ1v) is 14.7. The Kier molecular flexibility index (Phi) is 6.14. The molecule has 2 amide bonds. The maximum Gasteiger partial charge on any atom is 0.322 e. The first-order valence-electron chi connectivity index (χ1n) is 13.9. The summed E-state index contributed by atoms with van der Waals surface area (Å²) in [4.78, 5) is 41.7. The molecule has 2 aromatic heterocycles. The van der Waals surface area contributed by atoms with Crippen molar-refractivity contribution in [2.24, 2.45) is 16.8 Å². The molecule has 206 valence electrons. The highest BCUT2D eigenvalue weighted by Crippen LogP contribution is 2.37. The van der Waals surface area contributed by atoms with Gasteiger partial charge in [-0.1, -0.05) is 12.1 Å². The van der Waals surface area contributed by atoms with Gasteiger partial charge in [-0.3, -0.25) is 19.1 Å². The number of nitrogens with one attached hydrogen (secondary N) is 2. The van der Waals surface area contributed by atoms with E-state index in [0.29, 0.717) is 42.2 Å². The van der Waals surface area contributed by atoms with Crippen LogP contribution in [0.5, 0.6) is 0 Å². The molecule has 3 saturated heterocycles. The van der Waals surface area contributed by atoms with Gasteiger partial charge >= 0.3 is 6.03 Å². The average Bonchev–Trinajstić information content (AvgIpc) is 3.61. The van der Waals surface area contributed by atoms with Gasteiger partial charge in [0.2, 0.25) is 5.43 Å². The molecule has 0 saturated carbocycles. The lowest BCUT2D eigenvalue weighted by Crippen LogP contribution is -2.46. The number of hydrogen-bond acceptors (Lipinski definition) is 8. The first kappa shape index (κ1) is 25.0. The first-order chi connectivity index (χ1) is 18.9. The number of aromatic nitrogens is 1. The third-order valence-electron chi connectivity index (χ3n) is 9.05. The third-order valence-corrected chi connectivity index (χ3v) is 10.2. The second kappa shape index (κ2) is 9.58. The maximum absolute atomic E-state index is 13.9. The standard InChI is InChI=1S/C28H36N8O2S/c1-32(2)19-8-10-34(11-9-19)28(38)30-23-24(37)20-12-29-27(35-15-17-13-33(3)14-18(17)16-35)31-25(20)36-21-6-4-5-7-22(21)39-26(23)36/h4-7,12,17-19,27,31H,8-11,13-16H2,1-3H3,(H,30,38). The summed E-state index contributed by atoms with van der Waals surface area (Å²) in [5, 5.41) is 6.64. The summed E-state index contributed by atoms with van der Waals surface area (Å²) in [7, 11) is 6.37. The molecule has 7 rings (SSSR count). The molecule has 0 spiro atoms. The van der Waals surface area contributed by atoms with Crippen LogP contribution in [0.1, 0.15) is 18.4 Å². The Morgan fingerprint density at radius 2 is 1.82 bits per heavy atom. The highest BCUT2D eigenvalue weighted by atomic mass is 32.1. The smallest absolute Gasteiger partial charge is 0.322 e. The molecular weight excluding hydrogens is 512 g/mol. The summed E-state index contributed by atoms with van der Waals surface area (Å²) in [6.45, 7) is 5.61. The molecular formula is C28H36N8O2S. The number of rotatable bonds is 3. The topological polar surface area (TPSA) is 87.9 Å². The molecule has 3 fully saturated rings. The van der Waals surface area contributed by atoms with Gasteiger partial charge in [-0.25, -0.2) is 4.79 Å². The average molecular weight is 549 g/mol. The van der Waals surface area contributed by atoms with E-state index in [-0.39, 0.29) is 17.7 Å². The Morgan fingerprint density at radius 3 is 2.54 bits per heavy atom. The number of anilines is 2. The highest BCUT2D eigenvalue weighted by Gasteiger charge is 2.42. The fraction of sp³-hybridized carbons (Fsp3) is 0.536. The molecule has 0 aliphatic carbocycles. The summed E-state index contributed by atoms with van der Waals surface area (Å²) >= 11 is 1.53. The molecule has 0 radical (unpaired) electrons. The number of likely N-dealkylation sites (tertiary alicyclic amines) is 3. The van der Waals surface area contributed by atoms with Crippen molar-refractivity contribution >= 4 is 50.1 Å². The molecule has 6 heterocycles. The highest BCUT2D eigenvalue weighted by molar-refractivity contribution is 7.24. The number of hydrogen-bond donors (Lipinski definition) is 2. The van der Waals surface area contributed by atoms with Gasteiger partial charge in [0.1, 0.15) is 16.3 Å². The summed E-state index contributed by atoms with van der Waals surface area (Å²) in [6, 6.07) is 8.42. The molecule has 39 heavy (non-hydrogen) atoms. The number of thiazole rings is 1. The zero-order valence-electron chi connectivity index (χ0n) is 22.8. The number of carbonyl (C=O) groups is 1. The number of aliphatic imine (C=N–C) groups is 1. The Morgan fingerprint density at radius 1 is 1.10 bits per heavy atom. The van der Waals surface area contributed by atoms with Crippen LogP contribution in [0.4, 0.5) is 16.3 Å². The number of urea groups is 1. The second-order valence-electron chi connectivity index (χ2n) is 11.8. The van der Waals surface area contributed by atoms with E-state index in [1.165, 1.54) is 11.3 Å². The third kappa shape index (κ3) is 4.23. The number of pyridine rings is 1. The number of fused-ring (bicyclic) bond motifs is 6. The van der Waals surface area contributed by atoms with Gasteiger partial charge in [-0.2, -0.15) is 0 Å². The van der Waals surface area contributed by atoms with Gasteiger partial charge in [0.05, 0.1) is 15.8 Å². The molecule has 4 aliphatic heterocycles.